The van der Waals surface area contributed by atoms with Crippen molar-refractivity contribution in [3.05, 3.63) is 83.6 Å². The molecular formula is C25H17N3O5. The number of ether oxygens (including phenoxy) is 3. The number of imide groups is 1. The van der Waals surface area contributed by atoms with Gasteiger partial charge in [-0.3, -0.25) is 9.59 Å². The van der Waals surface area contributed by atoms with E-state index in [0.717, 1.165) is 4.90 Å². The van der Waals surface area contributed by atoms with E-state index in [1.54, 1.807) is 73.8 Å². The van der Waals surface area contributed by atoms with Crippen LogP contribution in [0, 0.1) is 11.3 Å². The molecule has 0 aromatic heterocycles. The highest BCUT2D eigenvalue weighted by Gasteiger charge is 2.40. The van der Waals surface area contributed by atoms with E-state index in [2.05, 4.69) is 5.32 Å². The van der Waals surface area contributed by atoms with Gasteiger partial charge in [0.15, 0.2) is 11.5 Å². The van der Waals surface area contributed by atoms with Crippen LogP contribution in [0.2, 0.25) is 0 Å². The van der Waals surface area contributed by atoms with Gasteiger partial charge in [-0.1, -0.05) is 12.1 Å². The van der Waals surface area contributed by atoms with Crippen LogP contribution in [0.15, 0.2) is 72.4 Å². The van der Waals surface area contributed by atoms with Crippen molar-refractivity contribution in [1.82, 2.24) is 0 Å². The fourth-order valence-electron chi connectivity index (χ4n) is 3.71. The first-order valence-electron chi connectivity index (χ1n) is 10.0. The molecule has 0 spiro atoms. The predicted octanol–water partition coefficient (Wildman–Crippen LogP) is 3.69. The van der Waals surface area contributed by atoms with Crippen molar-refractivity contribution in [2.24, 2.45) is 0 Å². The zero-order valence-electron chi connectivity index (χ0n) is 17.5. The first-order chi connectivity index (χ1) is 16.1. The Morgan fingerprint density at radius 3 is 2.36 bits per heavy atom. The van der Waals surface area contributed by atoms with Crippen LogP contribution in [0.1, 0.15) is 11.1 Å². The normalized spacial score (nSPS) is 14.5. The van der Waals surface area contributed by atoms with E-state index in [-0.39, 0.29) is 18.1 Å². The fourth-order valence-corrected chi connectivity index (χ4v) is 3.71. The average Bonchev–Trinajstić information content (AvgIpc) is 3.41. The molecule has 1 N–H and O–H groups in total. The largest absolute Gasteiger partial charge is 0.497 e. The molecule has 2 heterocycles. The van der Waals surface area contributed by atoms with Gasteiger partial charge in [0.05, 0.1) is 30.0 Å². The van der Waals surface area contributed by atoms with Crippen molar-refractivity contribution in [3.8, 4) is 23.3 Å². The maximum Gasteiger partial charge on any atom is 0.282 e. The first kappa shape index (κ1) is 20.2. The first-order valence-corrected chi connectivity index (χ1v) is 10.0. The van der Waals surface area contributed by atoms with Gasteiger partial charge in [-0.2, -0.15) is 5.26 Å². The number of nitrogens with one attached hydrogen (secondary N) is 1. The minimum absolute atomic E-state index is 0.127. The SMILES string of the molecule is COc1ccc(C2=C(Nc3ccc4c(c3)OCO4)C(=O)N(c3ccc(C#N)cc3)C2=O)cc1. The summed E-state index contributed by atoms with van der Waals surface area (Å²) >= 11 is 0. The van der Waals surface area contributed by atoms with Crippen LogP contribution >= 0.6 is 0 Å². The highest BCUT2D eigenvalue weighted by molar-refractivity contribution is 6.46. The minimum atomic E-state index is -0.506. The average molecular weight is 439 g/mol. The highest BCUT2D eigenvalue weighted by Crippen LogP contribution is 2.37. The second-order valence-electron chi connectivity index (χ2n) is 7.28. The third-order valence-electron chi connectivity index (χ3n) is 5.36. The molecule has 0 unspecified atom stereocenters. The molecule has 33 heavy (non-hydrogen) atoms. The van der Waals surface area contributed by atoms with Crippen LogP contribution in [0.5, 0.6) is 17.2 Å². The predicted molar refractivity (Wildman–Crippen MR) is 120 cm³/mol. The Bertz CT molecular complexity index is 1340. The van der Waals surface area contributed by atoms with Gasteiger partial charge in [-0.05, 0) is 54.1 Å². The Balaban J connectivity index is 1.57. The summed E-state index contributed by atoms with van der Waals surface area (Å²) in [5, 5.41) is 12.2. The molecule has 162 valence electrons. The summed E-state index contributed by atoms with van der Waals surface area (Å²) in [5.41, 5.74) is 2.30. The third kappa shape index (κ3) is 3.51. The number of carbonyl (C=O) groups excluding carboxylic acids is 2. The molecular weight excluding hydrogens is 422 g/mol. The summed E-state index contributed by atoms with van der Waals surface area (Å²) in [6, 6.07) is 20.4. The van der Waals surface area contributed by atoms with Gasteiger partial charge in [0.2, 0.25) is 6.79 Å². The monoisotopic (exact) mass is 439 g/mol. The molecule has 3 aromatic rings. The number of methoxy groups -OCH3 is 1. The summed E-state index contributed by atoms with van der Waals surface area (Å²) < 4.78 is 16.0. The van der Waals surface area contributed by atoms with E-state index >= 15 is 0 Å². The summed E-state index contributed by atoms with van der Waals surface area (Å²) in [7, 11) is 1.55. The molecule has 0 atom stereocenters. The fraction of sp³-hybridized carbons (Fsp3) is 0.0800. The van der Waals surface area contributed by atoms with E-state index in [0.29, 0.717) is 39.8 Å². The van der Waals surface area contributed by atoms with Crippen LogP contribution in [0.3, 0.4) is 0 Å². The highest BCUT2D eigenvalue weighted by atomic mass is 16.7. The van der Waals surface area contributed by atoms with Gasteiger partial charge >= 0.3 is 0 Å². The standard InChI is InChI=1S/C25H17N3O5/c1-31-19-9-4-16(5-10-19)22-23(27-17-6-11-20-21(12-17)33-14-32-20)25(30)28(24(22)29)18-7-2-15(13-26)3-8-18/h2-12,27H,14H2,1H3. The van der Waals surface area contributed by atoms with Crippen molar-refractivity contribution in [2.45, 2.75) is 0 Å². The lowest BCUT2D eigenvalue weighted by Crippen LogP contribution is -2.32. The molecule has 0 saturated heterocycles. The molecule has 0 bridgehead atoms. The third-order valence-corrected chi connectivity index (χ3v) is 5.36. The summed E-state index contributed by atoms with van der Waals surface area (Å²) in [6.45, 7) is 0.127. The summed E-state index contributed by atoms with van der Waals surface area (Å²) in [4.78, 5) is 28.0. The van der Waals surface area contributed by atoms with Gasteiger partial charge in [0.25, 0.3) is 11.8 Å². The summed E-state index contributed by atoms with van der Waals surface area (Å²) in [5.74, 6) is 0.807. The van der Waals surface area contributed by atoms with Gasteiger partial charge in [0, 0.05) is 11.8 Å². The Labute approximate surface area is 189 Å². The van der Waals surface area contributed by atoms with Crippen molar-refractivity contribution in [2.75, 3.05) is 24.1 Å². The van der Waals surface area contributed by atoms with Crippen molar-refractivity contribution < 1.29 is 23.8 Å². The van der Waals surface area contributed by atoms with Crippen molar-refractivity contribution in [3.63, 3.8) is 0 Å². The van der Waals surface area contributed by atoms with Crippen molar-refractivity contribution >= 4 is 28.8 Å². The lowest BCUT2D eigenvalue weighted by atomic mass is 10.0. The molecule has 8 heteroatoms. The number of hydrogen-bond acceptors (Lipinski definition) is 7. The number of amides is 2. The van der Waals surface area contributed by atoms with Crippen LogP contribution < -0.4 is 24.4 Å². The molecule has 3 aromatic carbocycles. The maximum absolute atomic E-state index is 13.5. The molecule has 0 radical (unpaired) electrons. The minimum Gasteiger partial charge on any atom is -0.497 e. The van der Waals surface area contributed by atoms with Gasteiger partial charge in [-0.25, -0.2) is 4.90 Å². The zero-order chi connectivity index (χ0) is 22.9. The van der Waals surface area contributed by atoms with Gasteiger partial charge < -0.3 is 19.5 Å². The maximum atomic E-state index is 13.5. The molecule has 0 saturated carbocycles. The molecule has 0 fully saturated rings. The Kier molecular flexibility index (Phi) is 4.92. The quantitative estimate of drug-likeness (QED) is 0.605. The number of hydrogen-bond donors (Lipinski definition) is 1. The van der Waals surface area contributed by atoms with E-state index < -0.39 is 11.8 Å². The van der Waals surface area contributed by atoms with Crippen LogP contribution in [0.25, 0.3) is 5.57 Å². The molecule has 2 aliphatic heterocycles. The second kappa shape index (κ2) is 8.05. The van der Waals surface area contributed by atoms with Crippen LogP contribution in [0.4, 0.5) is 11.4 Å². The Morgan fingerprint density at radius 2 is 1.67 bits per heavy atom. The van der Waals surface area contributed by atoms with Crippen LogP contribution in [-0.2, 0) is 9.59 Å². The summed E-state index contributed by atoms with van der Waals surface area (Å²) in [6.07, 6.45) is 0. The number of anilines is 2. The number of carbonyl (C=O) groups is 2. The van der Waals surface area contributed by atoms with E-state index in [1.165, 1.54) is 0 Å². The smallest absolute Gasteiger partial charge is 0.282 e. The molecule has 0 aliphatic carbocycles. The van der Waals surface area contributed by atoms with E-state index in [9.17, 15) is 9.59 Å². The lowest BCUT2D eigenvalue weighted by Gasteiger charge is -2.15. The zero-order valence-corrected chi connectivity index (χ0v) is 17.5. The van der Waals surface area contributed by atoms with Crippen LogP contribution in [-0.4, -0.2) is 25.7 Å². The second-order valence-corrected chi connectivity index (χ2v) is 7.28. The Hall–Kier alpha value is -4.77. The number of rotatable bonds is 5. The number of fused-ring (bicyclic) bond motifs is 1. The molecule has 5 rings (SSSR count). The van der Waals surface area contributed by atoms with E-state index in [4.69, 9.17) is 19.5 Å². The number of nitrogens with zero attached hydrogens (tertiary/aromatic N) is 2. The topological polar surface area (TPSA) is 101 Å². The number of nitriles is 1. The molecule has 8 nitrogen and oxygen atoms in total. The molecule has 2 aliphatic rings. The number of benzene rings is 3. The Morgan fingerprint density at radius 1 is 0.939 bits per heavy atom. The van der Waals surface area contributed by atoms with Gasteiger partial charge in [0.1, 0.15) is 11.4 Å². The molecule has 2 amide bonds. The van der Waals surface area contributed by atoms with Gasteiger partial charge in [-0.15, -0.1) is 0 Å². The lowest BCUT2D eigenvalue weighted by molar-refractivity contribution is -0.120. The van der Waals surface area contributed by atoms with E-state index in [1.807, 2.05) is 6.07 Å². The van der Waals surface area contributed by atoms with Crippen molar-refractivity contribution in [1.29, 1.82) is 5.26 Å².